The second-order valence-electron chi connectivity index (χ2n) is 10.7. The molecule has 2 amide bonds. The minimum Gasteiger partial charge on any atom is -0.350 e. The molecule has 0 spiro atoms. The molecule has 0 radical (unpaired) electrons. The molecule has 2 aliphatic rings. The van der Waals surface area contributed by atoms with Crippen molar-refractivity contribution >= 4 is 45.8 Å². The van der Waals surface area contributed by atoms with E-state index in [1.165, 1.54) is 19.3 Å². The lowest BCUT2D eigenvalue weighted by molar-refractivity contribution is -0.133. The fourth-order valence-electron chi connectivity index (χ4n) is 5.67. The Hall–Kier alpha value is -2.64. The molecule has 0 bridgehead atoms. The Morgan fingerprint density at radius 1 is 0.923 bits per heavy atom. The van der Waals surface area contributed by atoms with Crippen LogP contribution in [0.2, 0.25) is 10.0 Å². The van der Waals surface area contributed by atoms with Crippen LogP contribution < -0.4 is 10.6 Å². The normalized spacial score (nSPS) is 20.7. The maximum Gasteiger partial charge on any atom is 0.251 e. The van der Waals surface area contributed by atoms with E-state index in [0.717, 1.165) is 48.8 Å². The van der Waals surface area contributed by atoms with Crippen LogP contribution in [-0.4, -0.2) is 66.4 Å². The van der Waals surface area contributed by atoms with E-state index >= 15 is 0 Å². The van der Waals surface area contributed by atoms with Gasteiger partial charge in [-0.15, -0.1) is 0 Å². The minimum atomic E-state index is -0.313. The maximum atomic E-state index is 13.7. The number of piperidine rings is 1. The molecule has 0 aliphatic carbocycles. The van der Waals surface area contributed by atoms with Crippen LogP contribution in [0.15, 0.2) is 60.7 Å². The number of nitrogens with zero attached hydrogens (tertiary/aromatic N) is 2. The van der Waals surface area contributed by atoms with Gasteiger partial charge < -0.3 is 20.4 Å². The number of carbonyl (C=O) groups is 2. The number of hydrogen-bond donors (Lipinski definition) is 2. The predicted molar refractivity (Wildman–Crippen MR) is 158 cm³/mol. The number of carbonyl (C=O) groups excluding carboxylic acids is 2. The van der Waals surface area contributed by atoms with Crippen LogP contribution in [0.1, 0.15) is 48.0 Å². The van der Waals surface area contributed by atoms with E-state index in [2.05, 4.69) is 15.5 Å². The van der Waals surface area contributed by atoms with E-state index in [1.807, 2.05) is 59.5 Å². The molecule has 2 N–H and O–H groups in total. The van der Waals surface area contributed by atoms with Crippen molar-refractivity contribution in [1.29, 1.82) is 0 Å². The van der Waals surface area contributed by atoms with Crippen LogP contribution >= 0.6 is 23.2 Å². The number of rotatable bonds is 8. The number of hydrogen-bond acceptors (Lipinski definition) is 4. The summed E-state index contributed by atoms with van der Waals surface area (Å²) < 4.78 is 0. The van der Waals surface area contributed by atoms with Crippen molar-refractivity contribution in [3.8, 4) is 0 Å². The molecule has 206 valence electrons. The highest BCUT2D eigenvalue weighted by atomic mass is 35.5. The van der Waals surface area contributed by atoms with Crippen LogP contribution in [0.25, 0.3) is 10.8 Å². The Balaban J connectivity index is 1.26. The average molecular weight is 568 g/mol. The molecular formula is C31H36Cl2N4O2. The zero-order valence-electron chi connectivity index (χ0n) is 22.2. The van der Waals surface area contributed by atoms with Gasteiger partial charge in [0.25, 0.3) is 5.91 Å². The smallest absolute Gasteiger partial charge is 0.251 e. The number of fused-ring (bicyclic) bond motifs is 1. The van der Waals surface area contributed by atoms with Crippen molar-refractivity contribution in [2.75, 3.05) is 32.7 Å². The molecule has 2 fully saturated rings. The van der Waals surface area contributed by atoms with Gasteiger partial charge in [0.1, 0.15) is 0 Å². The van der Waals surface area contributed by atoms with E-state index in [0.29, 0.717) is 35.2 Å². The Kier molecular flexibility index (Phi) is 9.40. The van der Waals surface area contributed by atoms with Gasteiger partial charge in [-0.25, -0.2) is 0 Å². The van der Waals surface area contributed by atoms with Crippen LogP contribution in [0.5, 0.6) is 0 Å². The lowest BCUT2D eigenvalue weighted by atomic mass is 10.1. The highest BCUT2D eigenvalue weighted by molar-refractivity contribution is 6.34. The number of nitrogens with one attached hydrogen (secondary N) is 2. The molecule has 2 atom stereocenters. The van der Waals surface area contributed by atoms with Crippen molar-refractivity contribution < 1.29 is 9.59 Å². The third-order valence-corrected chi connectivity index (χ3v) is 8.23. The molecule has 2 saturated heterocycles. The molecule has 2 unspecified atom stereocenters. The van der Waals surface area contributed by atoms with E-state index in [1.54, 1.807) is 6.07 Å². The zero-order chi connectivity index (χ0) is 27.2. The number of benzene rings is 3. The summed E-state index contributed by atoms with van der Waals surface area (Å²) >= 11 is 12.5. The van der Waals surface area contributed by atoms with Crippen molar-refractivity contribution in [1.82, 2.24) is 20.4 Å². The van der Waals surface area contributed by atoms with Crippen molar-refractivity contribution in [3.63, 3.8) is 0 Å². The largest absolute Gasteiger partial charge is 0.350 e. The van der Waals surface area contributed by atoms with Gasteiger partial charge in [0, 0.05) is 47.8 Å². The standard InChI is InChI=1S/C31H36Cl2N4O2/c32-26-16-22(17-27(33)19-26)21-37-15-10-28(35-29(31(37)39)11-14-36-12-4-1-5-13-36)20-34-30(38)25-9-8-23-6-2-3-7-24(23)18-25/h2-3,6-9,16-19,28-29,35H,1,4-5,10-15,20-21H2,(H,34,38). The van der Waals surface area contributed by atoms with E-state index in [9.17, 15) is 9.59 Å². The molecular weight excluding hydrogens is 531 g/mol. The van der Waals surface area contributed by atoms with Crippen LogP contribution in [0.4, 0.5) is 0 Å². The fourth-order valence-corrected chi connectivity index (χ4v) is 6.24. The molecule has 39 heavy (non-hydrogen) atoms. The van der Waals surface area contributed by atoms with Crippen molar-refractivity contribution in [2.24, 2.45) is 0 Å². The van der Waals surface area contributed by atoms with Gasteiger partial charge in [-0.1, -0.05) is 60.0 Å². The highest BCUT2D eigenvalue weighted by Gasteiger charge is 2.31. The maximum absolute atomic E-state index is 13.7. The summed E-state index contributed by atoms with van der Waals surface area (Å²) in [5.41, 5.74) is 1.55. The quantitative estimate of drug-likeness (QED) is 0.377. The Bertz CT molecular complexity index is 1290. The number of amides is 2. The first-order chi connectivity index (χ1) is 18.9. The monoisotopic (exact) mass is 566 g/mol. The first-order valence-corrected chi connectivity index (χ1v) is 14.7. The van der Waals surface area contributed by atoms with Gasteiger partial charge in [-0.05, 0) is 85.4 Å². The summed E-state index contributed by atoms with van der Waals surface area (Å²) in [5.74, 6) is -0.0140. The van der Waals surface area contributed by atoms with E-state index in [4.69, 9.17) is 23.2 Å². The highest BCUT2D eigenvalue weighted by Crippen LogP contribution is 2.22. The zero-order valence-corrected chi connectivity index (χ0v) is 23.7. The van der Waals surface area contributed by atoms with Crippen molar-refractivity contribution in [3.05, 3.63) is 81.8 Å². The van der Waals surface area contributed by atoms with Gasteiger partial charge >= 0.3 is 0 Å². The molecule has 2 heterocycles. The van der Waals surface area contributed by atoms with Gasteiger partial charge in [-0.2, -0.15) is 0 Å². The van der Waals surface area contributed by atoms with E-state index < -0.39 is 0 Å². The summed E-state index contributed by atoms with van der Waals surface area (Å²) in [6.07, 6.45) is 5.19. The van der Waals surface area contributed by atoms with E-state index in [-0.39, 0.29) is 23.9 Å². The summed E-state index contributed by atoms with van der Waals surface area (Å²) in [4.78, 5) is 31.1. The molecule has 2 aliphatic heterocycles. The van der Waals surface area contributed by atoms with Gasteiger partial charge in [0.05, 0.1) is 6.04 Å². The van der Waals surface area contributed by atoms with Gasteiger partial charge in [0.2, 0.25) is 5.91 Å². The van der Waals surface area contributed by atoms with Gasteiger partial charge in [-0.3, -0.25) is 9.59 Å². The van der Waals surface area contributed by atoms with Crippen LogP contribution in [0, 0.1) is 0 Å². The summed E-state index contributed by atoms with van der Waals surface area (Å²) in [7, 11) is 0. The minimum absolute atomic E-state index is 0.0161. The molecule has 5 rings (SSSR count). The SMILES string of the molecule is O=C(NCC1CCN(Cc2cc(Cl)cc(Cl)c2)C(=O)C(CCN2CCCCC2)N1)c1ccc2ccccc2c1. The molecule has 3 aromatic rings. The summed E-state index contributed by atoms with van der Waals surface area (Å²) in [5, 5.41) is 9.97. The van der Waals surface area contributed by atoms with Crippen LogP contribution in [0.3, 0.4) is 0 Å². The fraction of sp³-hybridized carbons (Fsp3) is 0.419. The van der Waals surface area contributed by atoms with Crippen molar-refractivity contribution in [2.45, 2.75) is 50.7 Å². The molecule has 8 heteroatoms. The second-order valence-corrected chi connectivity index (χ2v) is 11.6. The van der Waals surface area contributed by atoms with Crippen LogP contribution in [-0.2, 0) is 11.3 Å². The third-order valence-electron chi connectivity index (χ3n) is 7.79. The number of halogens is 2. The molecule has 6 nitrogen and oxygen atoms in total. The third kappa shape index (κ3) is 7.52. The Labute approximate surface area is 240 Å². The molecule has 0 saturated carbocycles. The molecule has 3 aromatic carbocycles. The topological polar surface area (TPSA) is 64.7 Å². The number of likely N-dealkylation sites (tertiary alicyclic amines) is 1. The van der Waals surface area contributed by atoms with Gasteiger partial charge in [0.15, 0.2) is 0 Å². The first-order valence-electron chi connectivity index (χ1n) is 13.9. The lowest BCUT2D eigenvalue weighted by Gasteiger charge is -2.30. The summed E-state index contributed by atoms with van der Waals surface area (Å²) in [6, 6.07) is 18.9. The average Bonchev–Trinajstić information content (AvgIpc) is 3.08. The summed E-state index contributed by atoms with van der Waals surface area (Å²) in [6.45, 7) is 4.57. The predicted octanol–water partition coefficient (Wildman–Crippen LogP) is 5.51. The first kappa shape index (κ1) is 27.9. The lowest BCUT2D eigenvalue weighted by Crippen LogP contribution is -2.50. The molecule has 0 aromatic heterocycles. The Morgan fingerprint density at radius 2 is 1.67 bits per heavy atom. The second kappa shape index (κ2) is 13.1. The Morgan fingerprint density at radius 3 is 2.44 bits per heavy atom.